The molecule has 20 heavy (non-hydrogen) atoms. The molecule has 0 saturated carbocycles. The summed E-state index contributed by atoms with van der Waals surface area (Å²) in [5.74, 6) is 1.60. The number of rotatable bonds is 6. The second kappa shape index (κ2) is 6.65. The lowest BCUT2D eigenvalue weighted by Gasteiger charge is -2.33. The Hall–Kier alpha value is -0.980. The Morgan fingerprint density at radius 3 is 2.65 bits per heavy atom. The van der Waals surface area contributed by atoms with Crippen LogP contribution >= 0.6 is 0 Å². The second-order valence-corrected chi connectivity index (χ2v) is 5.73. The van der Waals surface area contributed by atoms with E-state index in [0.717, 1.165) is 19.3 Å². The van der Waals surface area contributed by atoms with Crippen molar-refractivity contribution in [1.29, 1.82) is 0 Å². The normalized spacial score (nSPS) is 20.2. The topological polar surface area (TPSA) is 83.4 Å². The van der Waals surface area contributed by atoms with Crippen LogP contribution < -0.4 is 5.73 Å². The van der Waals surface area contributed by atoms with Crippen molar-refractivity contribution in [3.05, 3.63) is 11.7 Å². The van der Waals surface area contributed by atoms with Crippen molar-refractivity contribution < 1.29 is 14.0 Å². The third-order valence-electron chi connectivity index (χ3n) is 3.61. The summed E-state index contributed by atoms with van der Waals surface area (Å²) in [6.45, 7) is 8.14. The van der Waals surface area contributed by atoms with Crippen molar-refractivity contribution in [2.24, 2.45) is 11.7 Å². The van der Waals surface area contributed by atoms with Crippen LogP contribution in [0.4, 0.5) is 0 Å². The molecule has 0 radical (unpaired) electrons. The monoisotopic (exact) mass is 283 g/mol. The van der Waals surface area contributed by atoms with E-state index < -0.39 is 5.60 Å². The van der Waals surface area contributed by atoms with Gasteiger partial charge in [0.15, 0.2) is 0 Å². The Bertz CT molecular complexity index is 408. The first-order valence-electron chi connectivity index (χ1n) is 7.39. The number of hydrogen-bond acceptors (Lipinski definition) is 6. The molecule has 0 bridgehead atoms. The second-order valence-electron chi connectivity index (χ2n) is 5.73. The van der Waals surface area contributed by atoms with Gasteiger partial charge in [-0.1, -0.05) is 19.0 Å². The van der Waals surface area contributed by atoms with Crippen LogP contribution in [-0.2, 0) is 15.1 Å². The molecular formula is C14H25N3O3. The van der Waals surface area contributed by atoms with Gasteiger partial charge in [0.25, 0.3) is 0 Å². The summed E-state index contributed by atoms with van der Waals surface area (Å²) in [4.78, 5) is 4.49. The van der Waals surface area contributed by atoms with Crippen molar-refractivity contribution in [3.8, 4) is 0 Å². The minimum absolute atomic E-state index is 0.213. The summed E-state index contributed by atoms with van der Waals surface area (Å²) in [7, 11) is 0. The standard InChI is InChI=1S/C14H25N3O3/c1-4-19-14(5-7-18-8-6-14)13-16-12(20-17-13)11(15)9-10(2)3/h10-11H,4-9,15H2,1-3H3/t11-/m1/s1. The summed E-state index contributed by atoms with van der Waals surface area (Å²) in [6.07, 6.45) is 2.32. The molecular weight excluding hydrogens is 258 g/mol. The summed E-state index contributed by atoms with van der Waals surface area (Å²) in [5.41, 5.74) is 5.61. The van der Waals surface area contributed by atoms with Gasteiger partial charge in [-0.15, -0.1) is 0 Å². The highest BCUT2D eigenvalue weighted by Gasteiger charge is 2.40. The molecule has 2 rings (SSSR count). The number of nitrogens with two attached hydrogens (primary N) is 1. The molecule has 0 aromatic carbocycles. The SMILES string of the molecule is CCOC1(c2noc([C@H](N)CC(C)C)n2)CCOCC1. The van der Waals surface area contributed by atoms with Crippen molar-refractivity contribution >= 4 is 0 Å². The van der Waals surface area contributed by atoms with E-state index in [1.54, 1.807) is 0 Å². The third-order valence-corrected chi connectivity index (χ3v) is 3.61. The van der Waals surface area contributed by atoms with E-state index in [4.69, 9.17) is 19.7 Å². The van der Waals surface area contributed by atoms with Crippen LogP contribution in [0, 0.1) is 5.92 Å². The zero-order chi connectivity index (χ0) is 14.6. The van der Waals surface area contributed by atoms with Gasteiger partial charge >= 0.3 is 0 Å². The number of hydrogen-bond donors (Lipinski definition) is 1. The Balaban J connectivity index is 2.16. The molecule has 1 aliphatic heterocycles. The Labute approximate surface area is 120 Å². The van der Waals surface area contributed by atoms with E-state index >= 15 is 0 Å². The van der Waals surface area contributed by atoms with Gasteiger partial charge in [-0.3, -0.25) is 0 Å². The largest absolute Gasteiger partial charge is 0.381 e. The van der Waals surface area contributed by atoms with E-state index in [0.29, 0.717) is 37.5 Å². The molecule has 1 aromatic heterocycles. The molecule has 1 saturated heterocycles. The molecule has 2 heterocycles. The fraction of sp³-hybridized carbons (Fsp3) is 0.857. The van der Waals surface area contributed by atoms with Gasteiger partial charge < -0.3 is 19.7 Å². The van der Waals surface area contributed by atoms with Crippen LogP contribution in [0.1, 0.15) is 57.8 Å². The summed E-state index contributed by atoms with van der Waals surface area (Å²) in [6, 6.07) is -0.213. The Morgan fingerprint density at radius 2 is 2.05 bits per heavy atom. The fourth-order valence-electron chi connectivity index (χ4n) is 2.59. The predicted molar refractivity (Wildman–Crippen MR) is 74.0 cm³/mol. The predicted octanol–water partition coefficient (Wildman–Crippen LogP) is 2.16. The maximum Gasteiger partial charge on any atom is 0.243 e. The lowest BCUT2D eigenvalue weighted by Crippen LogP contribution is -2.37. The van der Waals surface area contributed by atoms with Crippen molar-refractivity contribution in [1.82, 2.24) is 10.1 Å². The molecule has 0 spiro atoms. The van der Waals surface area contributed by atoms with Gasteiger partial charge in [0.05, 0.1) is 6.04 Å². The maximum atomic E-state index is 6.09. The molecule has 0 amide bonds. The lowest BCUT2D eigenvalue weighted by molar-refractivity contribution is -0.118. The quantitative estimate of drug-likeness (QED) is 0.861. The number of ether oxygens (including phenoxy) is 2. The first-order valence-corrected chi connectivity index (χ1v) is 7.39. The molecule has 6 nitrogen and oxygen atoms in total. The average molecular weight is 283 g/mol. The first kappa shape index (κ1) is 15.4. The van der Waals surface area contributed by atoms with Gasteiger partial charge in [0.1, 0.15) is 5.60 Å². The van der Waals surface area contributed by atoms with Crippen LogP contribution in [0.15, 0.2) is 4.52 Å². The Kier molecular flexibility index (Phi) is 5.12. The molecule has 2 N–H and O–H groups in total. The highest BCUT2D eigenvalue weighted by Crippen LogP contribution is 2.34. The molecule has 1 atom stereocenters. The van der Waals surface area contributed by atoms with Gasteiger partial charge in [-0.2, -0.15) is 4.98 Å². The minimum atomic E-state index is -0.480. The van der Waals surface area contributed by atoms with E-state index in [1.807, 2.05) is 6.92 Å². The lowest BCUT2D eigenvalue weighted by atomic mass is 9.93. The van der Waals surface area contributed by atoms with Crippen molar-refractivity contribution in [2.75, 3.05) is 19.8 Å². The van der Waals surface area contributed by atoms with Crippen LogP contribution in [0.25, 0.3) is 0 Å². The molecule has 0 unspecified atom stereocenters. The molecule has 1 aliphatic rings. The number of aromatic nitrogens is 2. The number of nitrogens with zero attached hydrogens (tertiary/aromatic N) is 2. The third kappa shape index (κ3) is 3.37. The summed E-state index contributed by atoms with van der Waals surface area (Å²) < 4.78 is 16.7. The van der Waals surface area contributed by atoms with E-state index in [-0.39, 0.29) is 6.04 Å². The fourth-order valence-corrected chi connectivity index (χ4v) is 2.59. The highest BCUT2D eigenvalue weighted by atomic mass is 16.5. The van der Waals surface area contributed by atoms with Crippen LogP contribution in [-0.4, -0.2) is 30.0 Å². The molecule has 0 aliphatic carbocycles. The minimum Gasteiger partial charge on any atom is -0.381 e. The molecule has 1 fully saturated rings. The summed E-state index contributed by atoms with van der Waals surface area (Å²) >= 11 is 0. The van der Waals surface area contributed by atoms with E-state index in [1.165, 1.54) is 0 Å². The van der Waals surface area contributed by atoms with Gasteiger partial charge in [-0.25, -0.2) is 0 Å². The molecule has 114 valence electrons. The van der Waals surface area contributed by atoms with Crippen molar-refractivity contribution in [2.45, 2.75) is 51.7 Å². The zero-order valence-corrected chi connectivity index (χ0v) is 12.6. The maximum absolute atomic E-state index is 6.09. The van der Waals surface area contributed by atoms with Crippen molar-refractivity contribution in [3.63, 3.8) is 0 Å². The highest BCUT2D eigenvalue weighted by molar-refractivity contribution is 5.04. The van der Waals surface area contributed by atoms with E-state index in [2.05, 4.69) is 24.0 Å². The van der Waals surface area contributed by atoms with Crippen LogP contribution in [0.5, 0.6) is 0 Å². The average Bonchev–Trinajstić information content (AvgIpc) is 2.89. The molecule has 1 aromatic rings. The van der Waals surface area contributed by atoms with Gasteiger partial charge in [0.2, 0.25) is 11.7 Å². The summed E-state index contributed by atoms with van der Waals surface area (Å²) in [5, 5.41) is 4.11. The smallest absolute Gasteiger partial charge is 0.243 e. The first-order chi connectivity index (χ1) is 9.57. The van der Waals surface area contributed by atoms with Crippen LogP contribution in [0.2, 0.25) is 0 Å². The zero-order valence-electron chi connectivity index (χ0n) is 12.6. The van der Waals surface area contributed by atoms with Gasteiger partial charge in [-0.05, 0) is 19.3 Å². The van der Waals surface area contributed by atoms with Crippen LogP contribution in [0.3, 0.4) is 0 Å². The Morgan fingerprint density at radius 1 is 1.35 bits per heavy atom. The molecule has 6 heteroatoms. The van der Waals surface area contributed by atoms with Gasteiger partial charge in [0, 0.05) is 32.7 Å². The van der Waals surface area contributed by atoms with E-state index in [9.17, 15) is 0 Å².